The van der Waals surface area contributed by atoms with Crippen LogP contribution in [0.3, 0.4) is 0 Å². The summed E-state index contributed by atoms with van der Waals surface area (Å²) >= 11 is 3.48. The predicted octanol–water partition coefficient (Wildman–Crippen LogP) is 3.05. The lowest BCUT2D eigenvalue weighted by Crippen LogP contribution is -2.31. The Morgan fingerprint density at radius 3 is 2.82 bits per heavy atom. The van der Waals surface area contributed by atoms with E-state index in [1.807, 2.05) is 6.20 Å². The van der Waals surface area contributed by atoms with Crippen molar-refractivity contribution in [2.75, 3.05) is 29.9 Å². The minimum absolute atomic E-state index is 0.853. The number of halogens is 1. The third kappa shape index (κ3) is 3.31. The van der Waals surface area contributed by atoms with Gasteiger partial charge in [0.15, 0.2) is 0 Å². The van der Waals surface area contributed by atoms with Gasteiger partial charge in [-0.2, -0.15) is 4.98 Å². The fraction of sp³-hybridized carbons (Fsp3) is 0.667. The Kier molecular flexibility index (Phi) is 4.59. The molecule has 0 atom stereocenters. The summed E-state index contributed by atoms with van der Waals surface area (Å²) in [7, 11) is 0. The lowest BCUT2D eigenvalue weighted by atomic mass is 10.1. The first-order valence-corrected chi connectivity index (χ1v) is 7.12. The van der Waals surface area contributed by atoms with Gasteiger partial charge in [-0.15, -0.1) is 0 Å². The molecule has 94 valence electrons. The Bertz CT molecular complexity index is 364. The second-order valence-electron chi connectivity index (χ2n) is 4.34. The molecule has 17 heavy (non-hydrogen) atoms. The molecule has 0 saturated carbocycles. The molecule has 1 aromatic rings. The van der Waals surface area contributed by atoms with Gasteiger partial charge in [0.2, 0.25) is 5.95 Å². The summed E-state index contributed by atoms with van der Waals surface area (Å²) in [4.78, 5) is 11.3. The molecule has 0 bridgehead atoms. The fourth-order valence-electron chi connectivity index (χ4n) is 1.97. The summed E-state index contributed by atoms with van der Waals surface area (Å²) < 4.78 is 0.937. The van der Waals surface area contributed by atoms with Gasteiger partial charge in [-0.05, 0) is 41.6 Å². The maximum atomic E-state index is 4.59. The third-order valence-electron chi connectivity index (χ3n) is 2.91. The van der Waals surface area contributed by atoms with Gasteiger partial charge in [0.1, 0.15) is 5.82 Å². The van der Waals surface area contributed by atoms with E-state index >= 15 is 0 Å². The molecule has 0 aromatic carbocycles. The first kappa shape index (κ1) is 12.6. The van der Waals surface area contributed by atoms with E-state index in [0.29, 0.717) is 0 Å². The highest BCUT2D eigenvalue weighted by Gasteiger charge is 2.14. The lowest BCUT2D eigenvalue weighted by molar-refractivity contribution is 0.568. The molecule has 1 aromatic heterocycles. The Hall–Kier alpha value is -0.840. The quantitative estimate of drug-likeness (QED) is 0.927. The molecule has 2 heterocycles. The topological polar surface area (TPSA) is 41.1 Å². The molecule has 4 nitrogen and oxygen atoms in total. The largest absolute Gasteiger partial charge is 0.369 e. The van der Waals surface area contributed by atoms with Crippen molar-refractivity contribution in [2.24, 2.45) is 0 Å². The normalized spacial score (nSPS) is 16.0. The summed E-state index contributed by atoms with van der Waals surface area (Å²) in [6, 6.07) is 0. The van der Waals surface area contributed by atoms with Crippen LogP contribution in [0.15, 0.2) is 10.7 Å². The van der Waals surface area contributed by atoms with Crippen LogP contribution in [0.1, 0.15) is 32.6 Å². The summed E-state index contributed by atoms with van der Waals surface area (Å²) in [5.74, 6) is 1.76. The smallest absolute Gasteiger partial charge is 0.227 e. The molecule has 0 radical (unpaired) electrons. The van der Waals surface area contributed by atoms with Gasteiger partial charge < -0.3 is 10.2 Å². The summed E-state index contributed by atoms with van der Waals surface area (Å²) in [6.45, 7) is 5.24. The second-order valence-corrected chi connectivity index (χ2v) is 5.20. The number of rotatable bonds is 4. The molecule has 1 saturated heterocycles. The van der Waals surface area contributed by atoms with E-state index in [9.17, 15) is 0 Å². The molecule has 0 aliphatic carbocycles. The van der Waals surface area contributed by atoms with Crippen LogP contribution in [-0.2, 0) is 0 Å². The lowest BCUT2D eigenvalue weighted by Gasteiger charge is -2.26. The van der Waals surface area contributed by atoms with Crippen molar-refractivity contribution in [1.29, 1.82) is 0 Å². The molecule has 1 aliphatic rings. The van der Waals surface area contributed by atoms with Crippen molar-refractivity contribution in [2.45, 2.75) is 32.6 Å². The van der Waals surface area contributed by atoms with E-state index in [0.717, 1.165) is 42.3 Å². The molecule has 1 fully saturated rings. The maximum Gasteiger partial charge on any atom is 0.227 e. The van der Waals surface area contributed by atoms with Crippen LogP contribution >= 0.6 is 15.9 Å². The van der Waals surface area contributed by atoms with E-state index in [2.05, 4.69) is 43.0 Å². The first-order chi connectivity index (χ1) is 8.31. The number of nitrogens with one attached hydrogen (secondary N) is 1. The van der Waals surface area contributed by atoms with Crippen molar-refractivity contribution >= 4 is 27.7 Å². The Morgan fingerprint density at radius 1 is 1.35 bits per heavy atom. The zero-order valence-electron chi connectivity index (χ0n) is 10.2. The van der Waals surface area contributed by atoms with Crippen molar-refractivity contribution < 1.29 is 0 Å². The predicted molar refractivity (Wildman–Crippen MR) is 74.6 cm³/mol. The monoisotopic (exact) mass is 298 g/mol. The van der Waals surface area contributed by atoms with Crippen LogP contribution in [0.25, 0.3) is 0 Å². The third-order valence-corrected chi connectivity index (χ3v) is 3.49. The molecular weight excluding hydrogens is 280 g/mol. The van der Waals surface area contributed by atoms with Crippen LogP contribution in [0.4, 0.5) is 11.8 Å². The van der Waals surface area contributed by atoms with Crippen LogP contribution in [0, 0.1) is 0 Å². The summed E-state index contributed by atoms with van der Waals surface area (Å²) in [6.07, 6.45) is 6.76. The number of piperidine rings is 1. The van der Waals surface area contributed by atoms with Gasteiger partial charge in [0.05, 0.1) is 4.47 Å². The number of anilines is 2. The highest BCUT2D eigenvalue weighted by atomic mass is 79.9. The summed E-state index contributed by atoms with van der Waals surface area (Å²) in [5.41, 5.74) is 0. The summed E-state index contributed by atoms with van der Waals surface area (Å²) in [5, 5.41) is 3.32. The Labute approximate surface area is 111 Å². The van der Waals surface area contributed by atoms with Crippen molar-refractivity contribution in [3.8, 4) is 0 Å². The fourth-order valence-corrected chi connectivity index (χ4v) is 2.30. The van der Waals surface area contributed by atoms with Gasteiger partial charge in [0, 0.05) is 25.8 Å². The highest BCUT2D eigenvalue weighted by molar-refractivity contribution is 9.10. The number of aromatic nitrogens is 2. The minimum Gasteiger partial charge on any atom is -0.369 e. The van der Waals surface area contributed by atoms with Crippen molar-refractivity contribution in [3.05, 3.63) is 10.7 Å². The molecular formula is C12H19BrN4. The molecule has 2 rings (SSSR count). The molecule has 0 unspecified atom stereocenters. The highest BCUT2D eigenvalue weighted by Crippen LogP contribution is 2.23. The Morgan fingerprint density at radius 2 is 2.12 bits per heavy atom. The van der Waals surface area contributed by atoms with Gasteiger partial charge in [0.25, 0.3) is 0 Å². The maximum absolute atomic E-state index is 4.59. The van der Waals surface area contributed by atoms with Crippen LogP contribution < -0.4 is 10.2 Å². The van der Waals surface area contributed by atoms with Crippen molar-refractivity contribution in [3.63, 3.8) is 0 Å². The zero-order chi connectivity index (χ0) is 12.1. The van der Waals surface area contributed by atoms with Gasteiger partial charge in [-0.25, -0.2) is 4.98 Å². The number of hydrogen-bond acceptors (Lipinski definition) is 4. The van der Waals surface area contributed by atoms with Crippen LogP contribution in [0.5, 0.6) is 0 Å². The average molecular weight is 299 g/mol. The van der Waals surface area contributed by atoms with E-state index in [-0.39, 0.29) is 0 Å². The zero-order valence-corrected chi connectivity index (χ0v) is 11.8. The van der Waals surface area contributed by atoms with Crippen LogP contribution in [0.2, 0.25) is 0 Å². The van der Waals surface area contributed by atoms with Gasteiger partial charge >= 0.3 is 0 Å². The van der Waals surface area contributed by atoms with E-state index in [1.54, 1.807) is 0 Å². The molecule has 5 heteroatoms. The van der Waals surface area contributed by atoms with Crippen molar-refractivity contribution in [1.82, 2.24) is 9.97 Å². The molecule has 1 aliphatic heterocycles. The first-order valence-electron chi connectivity index (χ1n) is 6.32. The average Bonchev–Trinajstić information content (AvgIpc) is 2.39. The molecule has 0 spiro atoms. The molecule has 1 N–H and O–H groups in total. The number of hydrogen-bond donors (Lipinski definition) is 1. The van der Waals surface area contributed by atoms with E-state index in [1.165, 1.54) is 19.3 Å². The van der Waals surface area contributed by atoms with Crippen LogP contribution in [-0.4, -0.2) is 29.6 Å². The van der Waals surface area contributed by atoms with Gasteiger partial charge in [-0.3, -0.25) is 0 Å². The molecule has 0 amide bonds. The van der Waals surface area contributed by atoms with E-state index in [4.69, 9.17) is 0 Å². The number of nitrogens with zero attached hydrogens (tertiary/aromatic N) is 3. The Balaban J connectivity index is 2.11. The SMILES string of the molecule is CCCNc1nc(N2CCCCC2)ncc1Br. The standard InChI is InChI=1S/C12H19BrN4/c1-2-6-14-11-10(13)9-15-12(16-11)17-7-4-3-5-8-17/h9H,2-8H2,1H3,(H,14,15,16). The van der Waals surface area contributed by atoms with Gasteiger partial charge in [-0.1, -0.05) is 6.92 Å². The minimum atomic E-state index is 0.853. The van der Waals surface area contributed by atoms with E-state index < -0.39 is 0 Å². The second kappa shape index (κ2) is 6.19.